The van der Waals surface area contributed by atoms with Crippen molar-refractivity contribution >= 4 is 0 Å². The molecule has 0 aliphatic heterocycles. The number of ether oxygens (including phenoxy) is 1. The van der Waals surface area contributed by atoms with Crippen LogP contribution >= 0.6 is 0 Å². The molecule has 0 aromatic rings. The first kappa shape index (κ1) is 13.3. The van der Waals surface area contributed by atoms with Crippen molar-refractivity contribution in [2.75, 3.05) is 13.2 Å². The zero-order valence-corrected chi connectivity index (χ0v) is 11.5. The van der Waals surface area contributed by atoms with Crippen LogP contribution in [0.5, 0.6) is 0 Å². The van der Waals surface area contributed by atoms with Crippen molar-refractivity contribution in [3.63, 3.8) is 0 Å². The fourth-order valence-electron chi connectivity index (χ4n) is 2.90. The minimum atomic E-state index is 0.277. The Balaban J connectivity index is 1.63. The van der Waals surface area contributed by atoms with Crippen LogP contribution in [-0.4, -0.2) is 31.3 Å². The van der Waals surface area contributed by atoms with E-state index in [1.54, 1.807) is 0 Å². The maximum atomic E-state index is 6.10. The Morgan fingerprint density at radius 1 is 1.41 bits per heavy atom. The standard InChI is InChI=1S/C14H28N2O/c1-4-17-13-9-12(14(13,2)3)16-8-7-11(15)10-5-6-10/h10-13,16H,4-9,15H2,1-3H3. The molecule has 100 valence electrons. The molecule has 2 aliphatic carbocycles. The molecule has 0 amide bonds. The normalized spacial score (nSPS) is 33.2. The molecule has 3 nitrogen and oxygen atoms in total. The van der Waals surface area contributed by atoms with E-state index in [1.165, 1.54) is 12.8 Å². The predicted octanol–water partition coefficient (Wildman–Crippen LogP) is 1.91. The van der Waals surface area contributed by atoms with Crippen LogP contribution in [0.1, 0.15) is 46.5 Å². The van der Waals surface area contributed by atoms with Crippen molar-refractivity contribution in [3.8, 4) is 0 Å². The second-order valence-electron chi connectivity index (χ2n) is 6.30. The summed E-state index contributed by atoms with van der Waals surface area (Å²) in [6, 6.07) is 1.03. The Kier molecular flexibility index (Phi) is 4.11. The van der Waals surface area contributed by atoms with Crippen molar-refractivity contribution in [2.24, 2.45) is 17.1 Å². The van der Waals surface area contributed by atoms with E-state index in [1.807, 2.05) is 0 Å². The first-order chi connectivity index (χ1) is 8.05. The van der Waals surface area contributed by atoms with E-state index in [0.29, 0.717) is 18.2 Å². The maximum absolute atomic E-state index is 6.10. The minimum absolute atomic E-state index is 0.277. The lowest BCUT2D eigenvalue weighted by atomic mass is 9.64. The van der Waals surface area contributed by atoms with Crippen LogP contribution in [0.25, 0.3) is 0 Å². The van der Waals surface area contributed by atoms with Gasteiger partial charge in [0.1, 0.15) is 0 Å². The van der Waals surface area contributed by atoms with Gasteiger partial charge in [-0.15, -0.1) is 0 Å². The number of nitrogens with one attached hydrogen (secondary N) is 1. The molecule has 0 aromatic carbocycles. The second kappa shape index (κ2) is 5.25. The molecule has 3 unspecified atom stereocenters. The van der Waals surface area contributed by atoms with Crippen LogP contribution < -0.4 is 11.1 Å². The Morgan fingerprint density at radius 2 is 2.12 bits per heavy atom. The van der Waals surface area contributed by atoms with Gasteiger partial charge in [-0.05, 0) is 45.1 Å². The smallest absolute Gasteiger partial charge is 0.0655 e. The summed E-state index contributed by atoms with van der Waals surface area (Å²) >= 11 is 0. The molecular weight excluding hydrogens is 212 g/mol. The van der Waals surface area contributed by atoms with Crippen LogP contribution in [0.3, 0.4) is 0 Å². The molecule has 0 radical (unpaired) electrons. The third kappa shape index (κ3) is 3.01. The van der Waals surface area contributed by atoms with E-state index in [9.17, 15) is 0 Å². The lowest BCUT2D eigenvalue weighted by Crippen LogP contribution is -2.61. The summed E-state index contributed by atoms with van der Waals surface area (Å²) < 4.78 is 5.73. The third-order valence-corrected chi connectivity index (χ3v) is 4.64. The molecule has 2 aliphatic rings. The van der Waals surface area contributed by atoms with E-state index in [2.05, 4.69) is 26.1 Å². The largest absolute Gasteiger partial charge is 0.378 e. The summed E-state index contributed by atoms with van der Waals surface area (Å²) in [5.74, 6) is 0.822. The summed E-state index contributed by atoms with van der Waals surface area (Å²) in [6.07, 6.45) is 5.41. The number of nitrogens with two attached hydrogens (primary N) is 1. The summed E-state index contributed by atoms with van der Waals surface area (Å²) in [5.41, 5.74) is 6.38. The van der Waals surface area contributed by atoms with Crippen molar-refractivity contribution in [1.82, 2.24) is 5.32 Å². The van der Waals surface area contributed by atoms with Crippen LogP contribution in [0.2, 0.25) is 0 Å². The molecule has 2 saturated carbocycles. The van der Waals surface area contributed by atoms with Crippen molar-refractivity contribution < 1.29 is 4.74 Å². The van der Waals surface area contributed by atoms with Gasteiger partial charge in [0.2, 0.25) is 0 Å². The van der Waals surface area contributed by atoms with E-state index >= 15 is 0 Å². The first-order valence-corrected chi connectivity index (χ1v) is 7.16. The summed E-state index contributed by atoms with van der Waals surface area (Å²) in [6.45, 7) is 8.56. The van der Waals surface area contributed by atoms with Crippen molar-refractivity contribution in [2.45, 2.75) is 64.6 Å². The molecule has 0 bridgehead atoms. The highest BCUT2D eigenvalue weighted by molar-refractivity contribution is 5.02. The lowest BCUT2D eigenvalue weighted by Gasteiger charge is -2.52. The Morgan fingerprint density at radius 3 is 2.65 bits per heavy atom. The molecule has 0 aromatic heterocycles. The average Bonchev–Trinajstić information content (AvgIpc) is 3.10. The predicted molar refractivity (Wildman–Crippen MR) is 70.9 cm³/mol. The van der Waals surface area contributed by atoms with Crippen LogP contribution in [0, 0.1) is 11.3 Å². The minimum Gasteiger partial charge on any atom is -0.378 e. The third-order valence-electron chi connectivity index (χ3n) is 4.64. The van der Waals surface area contributed by atoms with E-state index in [0.717, 1.165) is 31.9 Å². The highest BCUT2D eigenvalue weighted by atomic mass is 16.5. The Hall–Kier alpha value is -0.120. The molecule has 0 saturated heterocycles. The van der Waals surface area contributed by atoms with Gasteiger partial charge in [0.15, 0.2) is 0 Å². The summed E-state index contributed by atoms with van der Waals surface area (Å²) in [5, 5.41) is 3.65. The number of hydrogen-bond acceptors (Lipinski definition) is 3. The number of rotatable bonds is 7. The van der Waals surface area contributed by atoms with Gasteiger partial charge in [-0.25, -0.2) is 0 Å². The Bertz CT molecular complexity index is 251. The van der Waals surface area contributed by atoms with E-state index < -0.39 is 0 Å². The molecule has 3 N–H and O–H groups in total. The van der Waals surface area contributed by atoms with Gasteiger partial charge >= 0.3 is 0 Å². The van der Waals surface area contributed by atoms with Gasteiger partial charge in [0.05, 0.1) is 6.10 Å². The topological polar surface area (TPSA) is 47.3 Å². The fraction of sp³-hybridized carbons (Fsp3) is 1.00. The lowest BCUT2D eigenvalue weighted by molar-refractivity contribution is -0.114. The summed E-state index contributed by atoms with van der Waals surface area (Å²) in [7, 11) is 0. The van der Waals surface area contributed by atoms with Gasteiger partial charge < -0.3 is 15.8 Å². The SMILES string of the molecule is CCOC1CC(NCCC(N)C2CC2)C1(C)C. The highest BCUT2D eigenvalue weighted by Gasteiger charge is 2.48. The second-order valence-corrected chi connectivity index (χ2v) is 6.30. The van der Waals surface area contributed by atoms with Gasteiger partial charge in [-0.3, -0.25) is 0 Å². The first-order valence-electron chi connectivity index (χ1n) is 7.16. The maximum Gasteiger partial charge on any atom is 0.0655 e. The Labute approximate surface area is 105 Å². The molecule has 2 rings (SSSR count). The van der Waals surface area contributed by atoms with Gasteiger partial charge in [0.25, 0.3) is 0 Å². The van der Waals surface area contributed by atoms with E-state index in [4.69, 9.17) is 10.5 Å². The van der Waals surface area contributed by atoms with Crippen LogP contribution in [-0.2, 0) is 4.74 Å². The summed E-state index contributed by atoms with van der Waals surface area (Å²) in [4.78, 5) is 0. The van der Waals surface area contributed by atoms with Gasteiger partial charge in [0, 0.05) is 24.1 Å². The zero-order valence-electron chi connectivity index (χ0n) is 11.5. The highest BCUT2D eigenvalue weighted by Crippen LogP contribution is 2.42. The molecule has 2 fully saturated rings. The molecule has 3 heteroatoms. The molecule has 0 heterocycles. The zero-order chi connectivity index (χ0) is 12.5. The van der Waals surface area contributed by atoms with Crippen molar-refractivity contribution in [1.29, 1.82) is 0 Å². The molecule has 17 heavy (non-hydrogen) atoms. The molecular formula is C14H28N2O. The van der Waals surface area contributed by atoms with Gasteiger partial charge in [-0.2, -0.15) is 0 Å². The molecule has 0 spiro atoms. The quantitative estimate of drug-likeness (QED) is 0.714. The average molecular weight is 240 g/mol. The van der Waals surface area contributed by atoms with Crippen LogP contribution in [0.4, 0.5) is 0 Å². The monoisotopic (exact) mass is 240 g/mol. The molecule has 3 atom stereocenters. The number of hydrogen-bond donors (Lipinski definition) is 2. The van der Waals surface area contributed by atoms with Crippen LogP contribution in [0.15, 0.2) is 0 Å². The van der Waals surface area contributed by atoms with Gasteiger partial charge in [-0.1, -0.05) is 13.8 Å². The van der Waals surface area contributed by atoms with E-state index in [-0.39, 0.29) is 5.41 Å². The fourth-order valence-corrected chi connectivity index (χ4v) is 2.90. The van der Waals surface area contributed by atoms with Crippen molar-refractivity contribution in [3.05, 3.63) is 0 Å².